The highest BCUT2D eigenvalue weighted by atomic mass is 16.5. The fraction of sp³-hybridized carbons (Fsp3) is 0.467. The quantitative estimate of drug-likeness (QED) is 0.614. The molecule has 1 N–H and O–H groups in total. The summed E-state index contributed by atoms with van der Waals surface area (Å²) >= 11 is 0. The van der Waals surface area contributed by atoms with Crippen LogP contribution in [0.25, 0.3) is 0 Å². The second kappa shape index (κ2) is 8.57. The minimum atomic E-state index is 0.111. The van der Waals surface area contributed by atoms with Crippen molar-refractivity contribution in [1.82, 2.24) is 4.90 Å². The number of aliphatic hydroxyl groups is 1. The molecule has 0 saturated carbocycles. The molecule has 3 nitrogen and oxygen atoms in total. The molecular formula is C15H21NO2. The standard InChI is InChI=1S/C15H21NO2/c1-16(2)11-5-13-18-15-9-7-14(8-10-15)6-3-4-12-17/h7-10,17H,4-5,11-13H2,1-2H3. The Bertz CT molecular complexity index is 387. The van der Waals surface area contributed by atoms with Crippen molar-refractivity contribution < 1.29 is 9.84 Å². The zero-order valence-electron chi connectivity index (χ0n) is 11.1. The first kappa shape index (κ1) is 14.6. The molecule has 1 aromatic rings. The Morgan fingerprint density at radius 1 is 1.22 bits per heavy atom. The van der Waals surface area contributed by atoms with Crippen molar-refractivity contribution in [2.75, 3.05) is 33.9 Å². The van der Waals surface area contributed by atoms with Gasteiger partial charge < -0.3 is 14.7 Å². The molecule has 0 aliphatic rings. The van der Waals surface area contributed by atoms with Crippen LogP contribution in [0.4, 0.5) is 0 Å². The molecule has 0 saturated heterocycles. The molecule has 0 spiro atoms. The fourth-order valence-electron chi connectivity index (χ4n) is 1.43. The van der Waals surface area contributed by atoms with E-state index in [2.05, 4.69) is 30.8 Å². The van der Waals surface area contributed by atoms with Gasteiger partial charge in [0.25, 0.3) is 0 Å². The fourth-order valence-corrected chi connectivity index (χ4v) is 1.43. The molecule has 0 fully saturated rings. The van der Waals surface area contributed by atoms with E-state index in [1.807, 2.05) is 24.3 Å². The number of hydrogen-bond donors (Lipinski definition) is 1. The zero-order chi connectivity index (χ0) is 13.2. The number of hydrogen-bond acceptors (Lipinski definition) is 3. The minimum absolute atomic E-state index is 0.111. The lowest BCUT2D eigenvalue weighted by Gasteiger charge is -2.10. The number of rotatable bonds is 6. The smallest absolute Gasteiger partial charge is 0.119 e. The Hall–Kier alpha value is -1.50. The number of ether oxygens (including phenoxy) is 1. The van der Waals surface area contributed by atoms with E-state index in [4.69, 9.17) is 9.84 Å². The van der Waals surface area contributed by atoms with E-state index in [1.54, 1.807) is 0 Å². The van der Waals surface area contributed by atoms with Crippen LogP contribution in [0.15, 0.2) is 24.3 Å². The van der Waals surface area contributed by atoms with Gasteiger partial charge in [-0.15, -0.1) is 0 Å². The summed E-state index contributed by atoms with van der Waals surface area (Å²) in [6.45, 7) is 1.87. The third-order valence-corrected chi connectivity index (χ3v) is 2.34. The highest BCUT2D eigenvalue weighted by Gasteiger charge is 1.95. The van der Waals surface area contributed by atoms with Gasteiger partial charge >= 0.3 is 0 Å². The highest BCUT2D eigenvalue weighted by molar-refractivity contribution is 5.38. The van der Waals surface area contributed by atoms with Gasteiger partial charge in [-0.2, -0.15) is 0 Å². The predicted octanol–water partition coefficient (Wildman–Crippen LogP) is 1.75. The van der Waals surface area contributed by atoms with Gasteiger partial charge in [-0.1, -0.05) is 11.8 Å². The van der Waals surface area contributed by atoms with E-state index >= 15 is 0 Å². The maximum Gasteiger partial charge on any atom is 0.119 e. The Labute approximate surface area is 109 Å². The molecule has 0 aliphatic carbocycles. The summed E-state index contributed by atoms with van der Waals surface area (Å²) in [5.74, 6) is 6.75. The van der Waals surface area contributed by atoms with Crippen LogP contribution >= 0.6 is 0 Å². The monoisotopic (exact) mass is 247 g/mol. The normalized spacial score (nSPS) is 10.0. The Morgan fingerprint density at radius 3 is 2.56 bits per heavy atom. The predicted molar refractivity (Wildman–Crippen MR) is 73.7 cm³/mol. The number of aliphatic hydroxyl groups excluding tert-OH is 1. The second-order valence-corrected chi connectivity index (χ2v) is 4.31. The Balaban J connectivity index is 2.34. The molecule has 3 heteroatoms. The van der Waals surface area contributed by atoms with Crippen LogP contribution < -0.4 is 4.74 Å². The molecular weight excluding hydrogens is 226 g/mol. The van der Waals surface area contributed by atoms with Crippen molar-refractivity contribution in [2.45, 2.75) is 12.8 Å². The molecule has 98 valence electrons. The van der Waals surface area contributed by atoms with Crippen molar-refractivity contribution in [3.8, 4) is 17.6 Å². The van der Waals surface area contributed by atoms with Crippen LogP contribution in [0.3, 0.4) is 0 Å². The van der Waals surface area contributed by atoms with Crippen molar-refractivity contribution in [2.24, 2.45) is 0 Å². The lowest BCUT2D eigenvalue weighted by molar-refractivity contribution is 0.281. The summed E-state index contributed by atoms with van der Waals surface area (Å²) in [6.07, 6.45) is 1.54. The second-order valence-electron chi connectivity index (χ2n) is 4.31. The van der Waals surface area contributed by atoms with Gasteiger partial charge in [0.2, 0.25) is 0 Å². The lowest BCUT2D eigenvalue weighted by Crippen LogP contribution is -2.15. The molecule has 0 radical (unpaired) electrons. The van der Waals surface area contributed by atoms with Crippen LogP contribution in [-0.2, 0) is 0 Å². The first-order chi connectivity index (χ1) is 8.72. The van der Waals surface area contributed by atoms with Gasteiger partial charge in [-0.05, 0) is 44.8 Å². The molecule has 0 heterocycles. The van der Waals surface area contributed by atoms with Crippen LogP contribution in [0.2, 0.25) is 0 Å². The first-order valence-corrected chi connectivity index (χ1v) is 6.19. The van der Waals surface area contributed by atoms with E-state index < -0.39 is 0 Å². The van der Waals surface area contributed by atoms with Crippen LogP contribution in [0.5, 0.6) is 5.75 Å². The third-order valence-electron chi connectivity index (χ3n) is 2.34. The van der Waals surface area contributed by atoms with Crippen molar-refractivity contribution >= 4 is 0 Å². The molecule has 0 aliphatic heterocycles. The maximum atomic E-state index is 8.62. The average Bonchev–Trinajstić information content (AvgIpc) is 2.36. The first-order valence-electron chi connectivity index (χ1n) is 6.19. The van der Waals surface area contributed by atoms with Crippen LogP contribution in [-0.4, -0.2) is 43.9 Å². The topological polar surface area (TPSA) is 32.7 Å². The van der Waals surface area contributed by atoms with Crippen LogP contribution in [0.1, 0.15) is 18.4 Å². The third kappa shape index (κ3) is 6.29. The van der Waals surface area contributed by atoms with Gasteiger partial charge in [0.05, 0.1) is 13.2 Å². The van der Waals surface area contributed by atoms with E-state index in [9.17, 15) is 0 Å². The minimum Gasteiger partial charge on any atom is -0.494 e. The van der Waals surface area contributed by atoms with Gasteiger partial charge in [0.15, 0.2) is 0 Å². The SMILES string of the molecule is CN(C)CCCOc1ccc(C#CCCO)cc1. The lowest BCUT2D eigenvalue weighted by atomic mass is 10.2. The summed E-state index contributed by atoms with van der Waals surface area (Å²) in [6, 6.07) is 7.73. The van der Waals surface area contributed by atoms with E-state index in [-0.39, 0.29) is 6.61 Å². The molecule has 0 amide bonds. The van der Waals surface area contributed by atoms with Crippen LogP contribution in [0, 0.1) is 11.8 Å². The molecule has 0 aromatic heterocycles. The molecule has 1 aromatic carbocycles. The summed E-state index contributed by atoms with van der Waals surface area (Å²) < 4.78 is 5.62. The van der Waals surface area contributed by atoms with Gasteiger partial charge in [-0.25, -0.2) is 0 Å². The summed E-state index contributed by atoms with van der Waals surface area (Å²) in [7, 11) is 4.11. The van der Waals surface area contributed by atoms with Crippen molar-refractivity contribution in [3.63, 3.8) is 0 Å². The summed E-state index contributed by atoms with van der Waals surface area (Å²) in [5.41, 5.74) is 0.948. The average molecular weight is 247 g/mol. The molecule has 18 heavy (non-hydrogen) atoms. The van der Waals surface area contributed by atoms with E-state index in [0.29, 0.717) is 6.42 Å². The number of nitrogens with zero attached hydrogens (tertiary/aromatic N) is 1. The molecule has 0 bridgehead atoms. The van der Waals surface area contributed by atoms with Crippen molar-refractivity contribution in [1.29, 1.82) is 0 Å². The van der Waals surface area contributed by atoms with Gasteiger partial charge in [0, 0.05) is 18.5 Å². The van der Waals surface area contributed by atoms with Gasteiger partial charge in [0.1, 0.15) is 5.75 Å². The number of benzene rings is 1. The summed E-state index contributed by atoms with van der Waals surface area (Å²) in [5, 5.41) is 8.62. The molecule has 1 rings (SSSR count). The zero-order valence-corrected chi connectivity index (χ0v) is 11.1. The largest absolute Gasteiger partial charge is 0.494 e. The summed E-state index contributed by atoms with van der Waals surface area (Å²) in [4.78, 5) is 2.14. The van der Waals surface area contributed by atoms with E-state index in [1.165, 1.54) is 0 Å². The van der Waals surface area contributed by atoms with E-state index in [0.717, 1.165) is 30.9 Å². The van der Waals surface area contributed by atoms with Gasteiger partial charge in [-0.3, -0.25) is 0 Å². The molecule has 0 atom stereocenters. The maximum absolute atomic E-state index is 8.62. The van der Waals surface area contributed by atoms with Crippen molar-refractivity contribution in [3.05, 3.63) is 29.8 Å². The molecule has 0 unspecified atom stereocenters. The highest BCUT2D eigenvalue weighted by Crippen LogP contribution is 2.11. The Kier molecular flexibility index (Phi) is 6.93. The Morgan fingerprint density at radius 2 is 1.94 bits per heavy atom.